The van der Waals surface area contributed by atoms with E-state index in [1.807, 2.05) is 36.4 Å². The summed E-state index contributed by atoms with van der Waals surface area (Å²) >= 11 is 9.42. The molecule has 0 saturated carbocycles. The van der Waals surface area contributed by atoms with E-state index in [9.17, 15) is 9.59 Å². The first kappa shape index (κ1) is 25.2. The Morgan fingerprint density at radius 2 is 1.78 bits per heavy atom. The monoisotopic (exact) mass is 565 g/mol. The van der Waals surface area contributed by atoms with E-state index in [2.05, 4.69) is 26.2 Å². The summed E-state index contributed by atoms with van der Waals surface area (Å²) in [4.78, 5) is 29.9. The molecule has 0 aliphatic heterocycles. The van der Waals surface area contributed by atoms with Crippen molar-refractivity contribution in [3.63, 3.8) is 0 Å². The minimum atomic E-state index is -1.20. The molecule has 0 saturated heterocycles. The number of carbonyl (C=O) groups excluding carboxylic acids is 2. The molecule has 4 rings (SSSR count). The van der Waals surface area contributed by atoms with Gasteiger partial charge >= 0.3 is 5.97 Å². The third-order valence-electron chi connectivity index (χ3n) is 5.07. The van der Waals surface area contributed by atoms with E-state index < -0.39 is 12.1 Å². The first-order valence-corrected chi connectivity index (χ1v) is 12.0. The second-order valence-corrected chi connectivity index (χ2v) is 9.07. The second kappa shape index (κ2) is 11.7. The van der Waals surface area contributed by atoms with Gasteiger partial charge in [-0.2, -0.15) is 0 Å². The molecule has 0 aliphatic rings. The van der Waals surface area contributed by atoms with Gasteiger partial charge in [0, 0.05) is 33.6 Å². The molecule has 1 unspecified atom stereocenters. The Balaban J connectivity index is 1.59. The minimum Gasteiger partial charge on any atom is -0.470 e. The highest BCUT2D eigenvalue weighted by molar-refractivity contribution is 9.10. The van der Waals surface area contributed by atoms with Crippen LogP contribution in [0, 0.1) is 0 Å². The summed E-state index contributed by atoms with van der Waals surface area (Å²) in [5.74, 6) is -0.748. The van der Waals surface area contributed by atoms with Crippen LogP contribution in [0.3, 0.4) is 0 Å². The first-order chi connectivity index (χ1) is 17.4. The van der Waals surface area contributed by atoms with Crippen molar-refractivity contribution in [1.82, 2.24) is 4.98 Å². The fourth-order valence-corrected chi connectivity index (χ4v) is 3.87. The van der Waals surface area contributed by atoms with Crippen molar-refractivity contribution in [2.45, 2.75) is 12.7 Å². The summed E-state index contributed by atoms with van der Waals surface area (Å²) in [5.41, 5.74) is 8.16. The number of pyridine rings is 1. The van der Waals surface area contributed by atoms with Crippen LogP contribution in [-0.4, -0.2) is 16.9 Å². The van der Waals surface area contributed by atoms with Crippen molar-refractivity contribution in [3.8, 4) is 5.75 Å². The zero-order chi connectivity index (χ0) is 25.5. The van der Waals surface area contributed by atoms with E-state index in [0.29, 0.717) is 21.8 Å². The number of nitrogens with two attached hydrogens (primary N) is 1. The third-order valence-corrected chi connectivity index (χ3v) is 5.77. The maximum atomic E-state index is 13.2. The highest BCUT2D eigenvalue weighted by atomic mass is 79.9. The van der Waals surface area contributed by atoms with E-state index >= 15 is 0 Å². The Morgan fingerprint density at radius 3 is 2.56 bits per heavy atom. The van der Waals surface area contributed by atoms with Crippen molar-refractivity contribution in [2.75, 3.05) is 11.1 Å². The molecule has 36 heavy (non-hydrogen) atoms. The predicted octanol–water partition coefficient (Wildman–Crippen LogP) is 6.20. The Bertz CT molecular complexity index is 1380. The van der Waals surface area contributed by atoms with Crippen LogP contribution in [0.2, 0.25) is 5.02 Å². The minimum absolute atomic E-state index is 0.0577. The summed E-state index contributed by atoms with van der Waals surface area (Å²) < 4.78 is 12.3. The summed E-state index contributed by atoms with van der Waals surface area (Å²) in [6.45, 7) is 0.0577. The molecule has 9 heteroatoms. The van der Waals surface area contributed by atoms with Gasteiger partial charge in [0.05, 0.1) is 5.02 Å². The van der Waals surface area contributed by atoms with E-state index in [4.69, 9.17) is 26.8 Å². The number of benzene rings is 3. The topological polar surface area (TPSA) is 104 Å². The fourth-order valence-electron chi connectivity index (χ4n) is 3.32. The molecule has 0 fully saturated rings. The molecular weight excluding hydrogens is 546 g/mol. The molecular formula is C27H21BrClN3O4. The van der Waals surface area contributed by atoms with Gasteiger partial charge in [-0.1, -0.05) is 76.1 Å². The number of nitrogen functional groups attached to an aromatic ring is 1. The Labute approximate surface area is 221 Å². The lowest BCUT2D eigenvalue weighted by Gasteiger charge is -2.20. The maximum absolute atomic E-state index is 13.2. The number of anilines is 2. The van der Waals surface area contributed by atoms with Crippen LogP contribution in [0.25, 0.3) is 0 Å². The lowest BCUT2D eigenvalue weighted by molar-refractivity contribution is -0.153. The third kappa shape index (κ3) is 6.62. The molecule has 3 aromatic carbocycles. The highest BCUT2D eigenvalue weighted by Crippen LogP contribution is 2.30. The van der Waals surface area contributed by atoms with Crippen molar-refractivity contribution in [1.29, 1.82) is 0 Å². The molecule has 1 amide bonds. The second-order valence-electron chi connectivity index (χ2n) is 7.72. The van der Waals surface area contributed by atoms with Gasteiger partial charge in [-0.3, -0.25) is 4.79 Å². The Hall–Kier alpha value is -3.88. The number of halogens is 2. The van der Waals surface area contributed by atoms with E-state index in [0.717, 1.165) is 10.0 Å². The molecule has 0 radical (unpaired) electrons. The van der Waals surface area contributed by atoms with Gasteiger partial charge < -0.3 is 20.5 Å². The first-order valence-electron chi connectivity index (χ1n) is 10.8. The van der Waals surface area contributed by atoms with E-state index in [1.54, 1.807) is 42.5 Å². The molecule has 1 heterocycles. The predicted molar refractivity (Wildman–Crippen MR) is 142 cm³/mol. The zero-order valence-corrected chi connectivity index (χ0v) is 21.2. The van der Waals surface area contributed by atoms with Crippen molar-refractivity contribution < 1.29 is 19.1 Å². The van der Waals surface area contributed by atoms with Crippen LogP contribution in [0.15, 0.2) is 95.6 Å². The molecule has 1 aromatic heterocycles. The molecule has 3 N–H and O–H groups in total. The van der Waals surface area contributed by atoms with E-state index in [-0.39, 0.29) is 24.1 Å². The summed E-state index contributed by atoms with van der Waals surface area (Å²) in [6.07, 6.45) is 0.184. The number of esters is 1. The summed E-state index contributed by atoms with van der Waals surface area (Å²) in [6, 6.07) is 24.5. The quantitative estimate of drug-likeness (QED) is 0.246. The van der Waals surface area contributed by atoms with Gasteiger partial charge in [-0.25, -0.2) is 9.78 Å². The molecule has 1 atom stereocenters. The number of hydrogen-bond acceptors (Lipinski definition) is 6. The van der Waals surface area contributed by atoms with Gasteiger partial charge in [-0.05, 0) is 35.9 Å². The highest BCUT2D eigenvalue weighted by Gasteiger charge is 2.26. The number of rotatable bonds is 8. The van der Waals surface area contributed by atoms with Crippen LogP contribution in [-0.2, 0) is 16.1 Å². The van der Waals surface area contributed by atoms with Crippen LogP contribution in [0.1, 0.15) is 27.6 Å². The number of hydrogen-bond donors (Lipinski definition) is 2. The average molecular weight is 567 g/mol. The lowest BCUT2D eigenvalue weighted by Crippen LogP contribution is -2.22. The zero-order valence-electron chi connectivity index (χ0n) is 18.9. The lowest BCUT2D eigenvalue weighted by atomic mass is 10.1. The maximum Gasteiger partial charge on any atom is 0.352 e. The number of nitrogens with one attached hydrogen (secondary N) is 1. The van der Waals surface area contributed by atoms with Gasteiger partial charge in [0.1, 0.15) is 6.61 Å². The Kier molecular flexibility index (Phi) is 8.20. The van der Waals surface area contributed by atoms with Gasteiger partial charge in [0.2, 0.25) is 6.10 Å². The van der Waals surface area contributed by atoms with Gasteiger partial charge in [0.25, 0.3) is 5.91 Å². The van der Waals surface area contributed by atoms with Gasteiger partial charge in [-0.15, -0.1) is 0 Å². The van der Waals surface area contributed by atoms with Crippen LogP contribution >= 0.6 is 27.5 Å². The Morgan fingerprint density at radius 1 is 1.00 bits per heavy atom. The molecule has 0 spiro atoms. The smallest absolute Gasteiger partial charge is 0.352 e. The number of nitrogens with zero attached hydrogens (tertiary/aromatic N) is 1. The van der Waals surface area contributed by atoms with Crippen molar-refractivity contribution in [3.05, 3.63) is 117 Å². The standard InChI is InChI=1S/C27H21BrClN3O4/c28-20-10-4-9-19(12-20)26(33)32-22-11-5-8-18(13-22)24(36-23-14-21(29)15-31-25(23)30)27(34)35-16-17-6-2-1-3-7-17/h1-15,24H,16H2,(H2,30,31)(H,32,33). The average Bonchev–Trinajstić information content (AvgIpc) is 2.88. The summed E-state index contributed by atoms with van der Waals surface area (Å²) in [7, 11) is 0. The molecule has 182 valence electrons. The largest absolute Gasteiger partial charge is 0.470 e. The van der Waals surface area contributed by atoms with Crippen LogP contribution in [0.5, 0.6) is 5.75 Å². The van der Waals surface area contributed by atoms with Crippen LogP contribution < -0.4 is 15.8 Å². The molecule has 0 bridgehead atoms. The number of carbonyl (C=O) groups is 2. The van der Waals surface area contributed by atoms with Gasteiger partial charge in [0.15, 0.2) is 11.6 Å². The van der Waals surface area contributed by atoms with E-state index in [1.165, 1.54) is 12.3 Å². The number of aromatic nitrogens is 1. The SMILES string of the molecule is Nc1ncc(Cl)cc1OC(C(=O)OCc1ccccc1)c1cccc(NC(=O)c2cccc(Br)c2)c1. The van der Waals surface area contributed by atoms with Crippen molar-refractivity contribution >= 4 is 50.9 Å². The molecule has 7 nitrogen and oxygen atoms in total. The van der Waals surface area contributed by atoms with Crippen LogP contribution in [0.4, 0.5) is 11.5 Å². The number of amides is 1. The fraction of sp³-hybridized carbons (Fsp3) is 0.0741. The van der Waals surface area contributed by atoms with Crippen molar-refractivity contribution in [2.24, 2.45) is 0 Å². The molecule has 4 aromatic rings. The normalized spacial score (nSPS) is 11.4. The molecule has 0 aliphatic carbocycles. The summed E-state index contributed by atoms with van der Waals surface area (Å²) in [5, 5.41) is 3.13. The number of ether oxygens (including phenoxy) is 2.